The molecule has 6 nitrogen and oxygen atoms in total. The zero-order valence-corrected chi connectivity index (χ0v) is 12.4. The molecule has 0 saturated carbocycles. The zero-order chi connectivity index (χ0) is 18.1. The lowest BCUT2D eigenvalue weighted by atomic mass is 10.1. The number of non-ortho nitro benzene ring substituents is 1. The summed E-state index contributed by atoms with van der Waals surface area (Å²) < 4.78 is 15.4. The van der Waals surface area contributed by atoms with Crippen molar-refractivity contribution >= 4 is 46.2 Å². The lowest BCUT2D eigenvalue weighted by Crippen LogP contribution is -2.05. The first-order valence-electron chi connectivity index (χ1n) is 6.88. The minimum Gasteiger partial charge on any atom is -0.481 e. The smallest absolute Gasteiger partial charge is 0.307 e. The van der Waals surface area contributed by atoms with Crippen LogP contribution in [0.1, 0.15) is 8.30 Å². The molecule has 0 heterocycles. The molecule has 2 rings (SSSR count). The number of para-hydroxylation sites is 1. The number of nitro groups is 1. The molecule has 0 atom stereocenters. The molecule has 8 heteroatoms. The molecule has 0 aromatic heterocycles. The van der Waals surface area contributed by atoms with Gasteiger partial charge in [-0.1, -0.05) is 29.3 Å². The van der Waals surface area contributed by atoms with Crippen molar-refractivity contribution in [2.45, 2.75) is 6.37 Å². The average Bonchev–Trinajstić information content (AvgIpc) is 2.50. The Morgan fingerprint density at radius 1 is 1.32 bits per heavy atom. The third-order valence-corrected chi connectivity index (χ3v) is 3.31. The standard InChI is InChI=1S/C14H10Cl2N2O4/c15-10-2-1-3-11(16)14(10)17-12-5-4-9(18(21)22)6-8(12)7-13(19)20/h1-6,17H,7H2,(H,19,20)/i7D2. The fraction of sp³-hybridized carbons (Fsp3) is 0.0714. The lowest BCUT2D eigenvalue weighted by Gasteiger charge is -2.13. The topological polar surface area (TPSA) is 92.5 Å². The van der Waals surface area contributed by atoms with Crippen LogP contribution >= 0.6 is 23.2 Å². The number of nitro benzene ring substituents is 1. The van der Waals surface area contributed by atoms with E-state index in [-0.39, 0.29) is 21.4 Å². The Kier molecular flexibility index (Phi) is 4.03. The second-order valence-corrected chi connectivity index (χ2v) is 4.95. The van der Waals surface area contributed by atoms with Crippen LogP contribution < -0.4 is 5.32 Å². The molecule has 0 spiro atoms. The van der Waals surface area contributed by atoms with Gasteiger partial charge in [0.25, 0.3) is 5.69 Å². The summed E-state index contributed by atoms with van der Waals surface area (Å²) in [6.45, 7) is 0. The second-order valence-electron chi connectivity index (χ2n) is 4.14. The number of carboxylic acids is 1. The largest absolute Gasteiger partial charge is 0.481 e. The maximum atomic E-state index is 11.2. The molecule has 2 aromatic carbocycles. The highest BCUT2D eigenvalue weighted by Crippen LogP contribution is 2.34. The van der Waals surface area contributed by atoms with Gasteiger partial charge in [-0.3, -0.25) is 14.9 Å². The van der Waals surface area contributed by atoms with Crippen LogP contribution in [0.15, 0.2) is 36.4 Å². The first kappa shape index (κ1) is 13.4. The van der Waals surface area contributed by atoms with Crippen LogP contribution in [-0.4, -0.2) is 16.0 Å². The number of carbonyl (C=O) groups is 1. The van der Waals surface area contributed by atoms with E-state index in [9.17, 15) is 14.9 Å². The molecule has 0 aliphatic heterocycles. The van der Waals surface area contributed by atoms with E-state index < -0.39 is 28.5 Å². The van der Waals surface area contributed by atoms with Crippen molar-refractivity contribution in [2.75, 3.05) is 5.32 Å². The van der Waals surface area contributed by atoms with Gasteiger partial charge < -0.3 is 10.4 Å². The molecule has 0 aliphatic rings. The lowest BCUT2D eigenvalue weighted by molar-refractivity contribution is -0.384. The van der Waals surface area contributed by atoms with Crippen LogP contribution in [0.2, 0.25) is 10.0 Å². The van der Waals surface area contributed by atoms with Crippen LogP contribution in [0.5, 0.6) is 0 Å². The summed E-state index contributed by atoms with van der Waals surface area (Å²) in [6.07, 6.45) is -2.86. The molecule has 0 saturated heterocycles. The minimum atomic E-state index is -2.86. The summed E-state index contributed by atoms with van der Waals surface area (Å²) in [6, 6.07) is 7.85. The number of anilines is 2. The molecular weight excluding hydrogens is 331 g/mol. The van der Waals surface area contributed by atoms with Gasteiger partial charge in [-0.25, -0.2) is 0 Å². The predicted octanol–water partition coefficient (Wildman–Crippen LogP) is 4.27. The highest BCUT2D eigenvalue weighted by atomic mass is 35.5. The molecular formula is C14H10Cl2N2O4. The van der Waals surface area contributed by atoms with Crippen LogP contribution in [0.25, 0.3) is 0 Å². The van der Waals surface area contributed by atoms with Crippen molar-refractivity contribution < 1.29 is 17.6 Å². The van der Waals surface area contributed by atoms with Crippen molar-refractivity contribution in [1.29, 1.82) is 0 Å². The summed E-state index contributed by atoms with van der Waals surface area (Å²) >= 11 is 12.1. The van der Waals surface area contributed by atoms with Gasteiger partial charge in [0.05, 0.1) is 27.0 Å². The SMILES string of the molecule is [2H]C([2H])(C(=O)O)c1cc([N+](=O)[O-])ccc1Nc1c(Cl)cccc1Cl. The molecule has 2 N–H and O–H groups in total. The van der Waals surface area contributed by atoms with E-state index in [1.807, 2.05) is 0 Å². The van der Waals surface area contributed by atoms with Crippen LogP contribution in [-0.2, 0) is 11.2 Å². The van der Waals surface area contributed by atoms with Gasteiger partial charge in [-0.2, -0.15) is 0 Å². The van der Waals surface area contributed by atoms with E-state index in [2.05, 4.69) is 5.32 Å². The molecule has 2 aromatic rings. The van der Waals surface area contributed by atoms with E-state index >= 15 is 0 Å². The Bertz CT molecular complexity index is 810. The molecule has 0 aliphatic carbocycles. The fourth-order valence-corrected chi connectivity index (χ4v) is 2.22. The van der Waals surface area contributed by atoms with Crippen molar-refractivity contribution in [1.82, 2.24) is 0 Å². The first-order valence-corrected chi connectivity index (χ1v) is 6.63. The Labute approximate surface area is 138 Å². The van der Waals surface area contributed by atoms with Gasteiger partial charge in [0.2, 0.25) is 0 Å². The van der Waals surface area contributed by atoms with Crippen molar-refractivity contribution in [2.24, 2.45) is 0 Å². The third-order valence-electron chi connectivity index (χ3n) is 2.68. The molecule has 114 valence electrons. The van der Waals surface area contributed by atoms with Gasteiger partial charge >= 0.3 is 5.97 Å². The number of rotatable bonds is 5. The van der Waals surface area contributed by atoms with E-state index in [1.165, 1.54) is 18.2 Å². The number of hydrogen-bond donors (Lipinski definition) is 2. The summed E-state index contributed by atoms with van der Waals surface area (Å²) in [7, 11) is 0. The molecule has 0 radical (unpaired) electrons. The Hall–Kier alpha value is -2.31. The van der Waals surface area contributed by atoms with E-state index in [0.717, 1.165) is 12.1 Å². The van der Waals surface area contributed by atoms with Crippen LogP contribution in [0.4, 0.5) is 17.1 Å². The highest BCUT2D eigenvalue weighted by molar-refractivity contribution is 6.39. The average molecular weight is 343 g/mol. The molecule has 0 unspecified atom stereocenters. The second kappa shape index (κ2) is 6.64. The number of benzene rings is 2. The quantitative estimate of drug-likeness (QED) is 0.625. The number of nitrogens with zero attached hydrogens (tertiary/aromatic N) is 1. The molecule has 22 heavy (non-hydrogen) atoms. The molecule has 0 fully saturated rings. The maximum absolute atomic E-state index is 11.2. The van der Waals surface area contributed by atoms with Gasteiger partial charge in [0.15, 0.2) is 0 Å². The highest BCUT2D eigenvalue weighted by Gasteiger charge is 2.15. The maximum Gasteiger partial charge on any atom is 0.307 e. The fourth-order valence-electron chi connectivity index (χ4n) is 1.73. The Morgan fingerprint density at radius 2 is 1.95 bits per heavy atom. The van der Waals surface area contributed by atoms with Gasteiger partial charge in [-0.05, 0) is 23.8 Å². The summed E-state index contributed by atoms with van der Waals surface area (Å²) in [4.78, 5) is 21.4. The van der Waals surface area contributed by atoms with E-state index in [1.54, 1.807) is 6.07 Å². The molecule has 0 amide bonds. The predicted molar refractivity (Wildman–Crippen MR) is 84.2 cm³/mol. The number of halogens is 2. The summed E-state index contributed by atoms with van der Waals surface area (Å²) in [5.74, 6) is -1.78. The third kappa shape index (κ3) is 3.66. The number of aliphatic carboxylic acids is 1. The number of hydrogen-bond acceptors (Lipinski definition) is 4. The Morgan fingerprint density at radius 3 is 2.50 bits per heavy atom. The number of carboxylic acid groups (broad SMARTS) is 1. The summed E-state index contributed by atoms with van der Waals surface area (Å²) in [5, 5.41) is 23.2. The van der Waals surface area contributed by atoms with Gasteiger partial charge in [0.1, 0.15) is 0 Å². The van der Waals surface area contributed by atoms with Crippen molar-refractivity contribution in [3.05, 3.63) is 62.1 Å². The summed E-state index contributed by atoms with van der Waals surface area (Å²) in [5.41, 5.74) is -0.619. The van der Waals surface area contributed by atoms with Gasteiger partial charge in [0, 0.05) is 20.6 Å². The normalized spacial score (nSPS) is 12.3. The first-order chi connectivity index (χ1) is 11.1. The van der Waals surface area contributed by atoms with E-state index in [4.69, 9.17) is 31.0 Å². The monoisotopic (exact) mass is 342 g/mol. The molecule has 0 bridgehead atoms. The van der Waals surface area contributed by atoms with Crippen molar-refractivity contribution in [3.8, 4) is 0 Å². The minimum absolute atomic E-state index is 0.00278. The van der Waals surface area contributed by atoms with Crippen LogP contribution in [0.3, 0.4) is 0 Å². The van der Waals surface area contributed by atoms with Crippen LogP contribution in [0, 0.1) is 10.1 Å². The number of nitrogens with one attached hydrogen (secondary N) is 1. The van der Waals surface area contributed by atoms with Gasteiger partial charge in [-0.15, -0.1) is 0 Å². The van der Waals surface area contributed by atoms with E-state index in [0.29, 0.717) is 0 Å². The zero-order valence-electron chi connectivity index (χ0n) is 12.8. The Balaban J connectivity index is 2.61. The van der Waals surface area contributed by atoms with Crippen molar-refractivity contribution in [3.63, 3.8) is 0 Å².